The zero-order valence-corrected chi connectivity index (χ0v) is 37.4. The summed E-state index contributed by atoms with van der Waals surface area (Å²) in [7, 11) is 0.307. The molecule has 3 heterocycles. The van der Waals surface area contributed by atoms with Crippen LogP contribution in [0.2, 0.25) is 25.7 Å². The minimum absolute atomic E-state index is 0.00877. The Hall–Kier alpha value is -2.80. The van der Waals surface area contributed by atoms with Crippen molar-refractivity contribution in [3.05, 3.63) is 46.8 Å². The number of carbonyl (C=O) groups is 2. The van der Waals surface area contributed by atoms with Gasteiger partial charge in [-0.1, -0.05) is 81.0 Å². The van der Waals surface area contributed by atoms with Crippen LogP contribution in [0.3, 0.4) is 0 Å². The third-order valence-corrected chi connectivity index (χ3v) is 14.3. The number of unbranched alkanes of at least 4 members (excludes halogenated alkanes) is 7. The Balaban J connectivity index is 1.44. The van der Waals surface area contributed by atoms with E-state index >= 15 is 0 Å². The average Bonchev–Trinajstić information content (AvgIpc) is 3.71. The second-order valence-electron chi connectivity index (χ2n) is 17.5. The Morgan fingerprint density at radius 2 is 1.79 bits per heavy atom. The fourth-order valence-electron chi connectivity index (χ4n) is 8.25. The van der Waals surface area contributed by atoms with Crippen molar-refractivity contribution in [3.8, 4) is 17.0 Å². The summed E-state index contributed by atoms with van der Waals surface area (Å²) in [4.78, 5) is 44.8. The normalized spacial score (nSPS) is 17.0. The standard InChI is InChI=1S/C44H68BrN5O5Si/c1-6-34(51)16-12-11-13-17-38(48-42(52)37-30-44(37)19-22-46-23-20-44)41-47-31-39(50(41)32-55-26-27-56(3,4)5)36-28-33-18-25-49(24-15-10-8-7-9-14-21-45)43(53)35(33)29-40(36)54-2/h18,25,28-29,31,37-38,46H,6-17,19-24,26-27,30,32H2,1-5H3,(H,48,52)/t37-,38+/m1/s1. The van der Waals surface area contributed by atoms with Crippen molar-refractivity contribution in [2.75, 3.05) is 32.1 Å². The van der Waals surface area contributed by atoms with Gasteiger partial charge in [0.1, 0.15) is 24.1 Å². The van der Waals surface area contributed by atoms with Gasteiger partial charge in [-0.25, -0.2) is 4.98 Å². The van der Waals surface area contributed by atoms with Crippen molar-refractivity contribution < 1.29 is 19.1 Å². The van der Waals surface area contributed by atoms with E-state index < -0.39 is 8.07 Å². The summed E-state index contributed by atoms with van der Waals surface area (Å²) in [5.74, 6) is 1.79. The van der Waals surface area contributed by atoms with E-state index in [1.807, 2.05) is 42.1 Å². The molecule has 10 nitrogen and oxygen atoms in total. The van der Waals surface area contributed by atoms with E-state index in [0.29, 0.717) is 49.3 Å². The van der Waals surface area contributed by atoms with Gasteiger partial charge in [-0.15, -0.1) is 0 Å². The first-order valence-electron chi connectivity index (χ1n) is 21.4. The average molecular weight is 855 g/mol. The van der Waals surface area contributed by atoms with Crippen LogP contribution in [0.5, 0.6) is 5.75 Å². The largest absolute Gasteiger partial charge is 0.496 e. The molecule has 1 aliphatic heterocycles. The van der Waals surface area contributed by atoms with Crippen molar-refractivity contribution in [2.24, 2.45) is 11.3 Å². The number of ketones is 1. The Morgan fingerprint density at radius 3 is 2.50 bits per heavy atom. The maximum Gasteiger partial charge on any atom is 0.258 e. The number of Topliss-reactive ketones (excluding diaryl/α,β-unsaturated/α-hetero) is 1. The lowest BCUT2D eigenvalue weighted by molar-refractivity contribution is -0.124. The number of nitrogens with zero attached hydrogens (tertiary/aromatic N) is 3. The number of aryl methyl sites for hydroxylation is 1. The van der Waals surface area contributed by atoms with E-state index in [1.54, 1.807) is 7.11 Å². The number of benzene rings is 1. The number of methoxy groups -OCH3 is 1. The second-order valence-corrected chi connectivity index (χ2v) is 23.9. The topological polar surface area (TPSA) is 116 Å². The summed E-state index contributed by atoms with van der Waals surface area (Å²) in [6.45, 7) is 12.5. The summed E-state index contributed by atoms with van der Waals surface area (Å²) >= 11 is 3.51. The molecule has 1 amide bonds. The molecule has 1 saturated carbocycles. The van der Waals surface area contributed by atoms with Gasteiger partial charge in [0.05, 0.1) is 30.4 Å². The maximum absolute atomic E-state index is 14.0. The highest BCUT2D eigenvalue weighted by molar-refractivity contribution is 9.09. The van der Waals surface area contributed by atoms with Gasteiger partial charge in [0.2, 0.25) is 5.91 Å². The predicted octanol–water partition coefficient (Wildman–Crippen LogP) is 9.40. The summed E-state index contributed by atoms with van der Waals surface area (Å²) in [6, 6.07) is 6.65. The van der Waals surface area contributed by atoms with E-state index in [-0.39, 0.29) is 35.6 Å². The van der Waals surface area contributed by atoms with Crippen LogP contribution in [-0.2, 0) is 27.6 Å². The molecule has 5 rings (SSSR count). The number of fused-ring (bicyclic) bond motifs is 1. The van der Waals surface area contributed by atoms with Crippen molar-refractivity contribution >= 4 is 46.5 Å². The smallest absolute Gasteiger partial charge is 0.258 e. The SMILES string of the molecule is CCC(=O)CCCCC[C@H](NC(=O)[C@H]1CC12CCNCC2)c1ncc(-c2cc3ccn(CCCCCCCCBr)c(=O)c3cc2OC)n1COCC[Si](C)(C)C. The monoisotopic (exact) mass is 853 g/mol. The number of alkyl halides is 1. The van der Waals surface area contributed by atoms with Gasteiger partial charge < -0.3 is 29.2 Å². The highest BCUT2D eigenvalue weighted by Crippen LogP contribution is 2.58. The minimum atomic E-state index is -1.34. The van der Waals surface area contributed by atoms with Crippen LogP contribution in [0.4, 0.5) is 0 Å². The third kappa shape index (κ3) is 12.1. The van der Waals surface area contributed by atoms with Crippen LogP contribution in [0.25, 0.3) is 22.0 Å². The number of ether oxygens (including phenoxy) is 2. The molecule has 2 N–H and O–H groups in total. The summed E-state index contributed by atoms with van der Waals surface area (Å²) in [5, 5.41) is 9.45. The minimum Gasteiger partial charge on any atom is -0.496 e. The van der Waals surface area contributed by atoms with Crippen LogP contribution in [-0.4, -0.2) is 66.0 Å². The molecule has 1 saturated heterocycles. The predicted molar refractivity (Wildman–Crippen MR) is 233 cm³/mol. The number of halogens is 1. The van der Waals surface area contributed by atoms with E-state index in [4.69, 9.17) is 14.5 Å². The Morgan fingerprint density at radius 1 is 1.05 bits per heavy atom. The number of aromatic nitrogens is 3. The van der Waals surface area contributed by atoms with Gasteiger partial charge in [-0.2, -0.15) is 0 Å². The van der Waals surface area contributed by atoms with E-state index in [1.165, 1.54) is 25.7 Å². The molecule has 1 aromatic carbocycles. The molecule has 12 heteroatoms. The molecule has 2 aromatic heterocycles. The number of imidazole rings is 1. The maximum atomic E-state index is 14.0. The molecular formula is C44H68BrN5O5Si. The van der Waals surface area contributed by atoms with E-state index in [2.05, 4.69) is 50.8 Å². The fraction of sp³-hybridized carbons (Fsp3) is 0.682. The Labute approximate surface area is 344 Å². The summed E-state index contributed by atoms with van der Waals surface area (Å²) in [6.07, 6.45) is 18.3. The van der Waals surface area contributed by atoms with Gasteiger partial charge in [0, 0.05) is 57.1 Å². The van der Waals surface area contributed by atoms with Crippen molar-refractivity contribution in [3.63, 3.8) is 0 Å². The quantitative estimate of drug-likeness (QED) is 0.0496. The molecule has 0 bridgehead atoms. The van der Waals surface area contributed by atoms with Crippen molar-refractivity contribution in [2.45, 2.75) is 148 Å². The lowest BCUT2D eigenvalue weighted by Gasteiger charge is -2.25. The molecule has 1 spiro atoms. The van der Waals surface area contributed by atoms with Gasteiger partial charge in [-0.05, 0) is 93.1 Å². The lowest BCUT2D eigenvalue weighted by Crippen LogP contribution is -2.36. The number of pyridine rings is 1. The molecule has 2 atom stereocenters. The first-order valence-corrected chi connectivity index (χ1v) is 26.3. The molecule has 0 radical (unpaired) electrons. The van der Waals surface area contributed by atoms with Crippen molar-refractivity contribution in [1.82, 2.24) is 24.8 Å². The molecular weight excluding hydrogens is 787 g/mol. The highest BCUT2D eigenvalue weighted by atomic mass is 79.9. The number of hydrogen-bond donors (Lipinski definition) is 2. The summed E-state index contributed by atoms with van der Waals surface area (Å²) in [5.41, 5.74) is 1.76. The van der Waals surface area contributed by atoms with Gasteiger partial charge in [0.25, 0.3) is 5.56 Å². The zero-order valence-electron chi connectivity index (χ0n) is 34.9. The Bertz CT molecular complexity index is 1800. The fourth-order valence-corrected chi connectivity index (χ4v) is 9.41. The van der Waals surface area contributed by atoms with Crippen molar-refractivity contribution in [1.29, 1.82) is 0 Å². The first-order chi connectivity index (χ1) is 27.0. The molecule has 3 aromatic rings. The number of carbonyl (C=O) groups excluding carboxylic acids is 2. The molecule has 1 aliphatic carbocycles. The third-order valence-electron chi connectivity index (χ3n) is 12.0. The molecule has 310 valence electrons. The van der Waals surface area contributed by atoms with E-state index in [9.17, 15) is 14.4 Å². The van der Waals surface area contributed by atoms with Crippen LogP contribution in [0.1, 0.15) is 115 Å². The number of piperidine rings is 1. The van der Waals surface area contributed by atoms with Crippen LogP contribution < -0.4 is 20.9 Å². The van der Waals surface area contributed by atoms with Crippen LogP contribution in [0, 0.1) is 11.3 Å². The lowest BCUT2D eigenvalue weighted by atomic mass is 9.91. The number of rotatable bonds is 25. The number of nitrogens with one attached hydrogen (secondary N) is 2. The zero-order chi connectivity index (χ0) is 40.1. The Kier molecular flexibility index (Phi) is 16.8. The first kappa shape index (κ1) is 44.3. The highest BCUT2D eigenvalue weighted by Gasteiger charge is 2.57. The number of amides is 1. The summed E-state index contributed by atoms with van der Waals surface area (Å²) < 4.78 is 16.3. The molecule has 56 heavy (non-hydrogen) atoms. The van der Waals surface area contributed by atoms with Crippen LogP contribution >= 0.6 is 15.9 Å². The molecule has 2 aliphatic rings. The molecule has 2 fully saturated rings. The van der Waals surface area contributed by atoms with Gasteiger partial charge >= 0.3 is 0 Å². The second kappa shape index (κ2) is 21.3. The number of hydrogen-bond acceptors (Lipinski definition) is 7. The van der Waals surface area contributed by atoms with Crippen LogP contribution in [0.15, 0.2) is 35.4 Å². The molecule has 0 unspecified atom stereocenters. The van der Waals surface area contributed by atoms with E-state index in [0.717, 1.165) is 98.3 Å². The van der Waals surface area contributed by atoms with Gasteiger partial charge in [0.15, 0.2) is 0 Å². The van der Waals surface area contributed by atoms with Gasteiger partial charge in [-0.3, -0.25) is 14.4 Å².